The molecule has 26 heavy (non-hydrogen) atoms. The van der Waals surface area contributed by atoms with Gasteiger partial charge in [-0.25, -0.2) is 9.18 Å². The maximum absolute atomic E-state index is 13.1. The van der Waals surface area contributed by atoms with E-state index in [1.54, 1.807) is 19.1 Å². The van der Waals surface area contributed by atoms with Crippen LogP contribution in [0.5, 0.6) is 5.75 Å². The van der Waals surface area contributed by atoms with E-state index in [0.29, 0.717) is 18.3 Å². The average molecular weight is 392 g/mol. The third-order valence-corrected chi connectivity index (χ3v) is 3.79. The van der Waals surface area contributed by atoms with Gasteiger partial charge in [-0.2, -0.15) is 0 Å². The Labute approximate surface area is 159 Å². The molecule has 4 atom stereocenters. The number of benzene rings is 1. The molecule has 1 aromatic carbocycles. The van der Waals surface area contributed by atoms with E-state index in [9.17, 15) is 9.18 Å². The van der Waals surface area contributed by atoms with Crippen LogP contribution in [0.4, 0.5) is 4.39 Å². The lowest BCUT2D eigenvalue weighted by molar-refractivity contribution is -0.415. The smallest absolute Gasteiger partial charge is 0.367 e. The van der Waals surface area contributed by atoms with Crippen LogP contribution in [-0.2, 0) is 19.0 Å². The molecule has 0 aromatic heterocycles. The van der Waals surface area contributed by atoms with E-state index < -0.39 is 30.3 Å². The first kappa shape index (κ1) is 22.6. The molecule has 0 spiro atoms. The monoisotopic (exact) mass is 391 g/mol. The fourth-order valence-corrected chi connectivity index (χ4v) is 2.47. The number of hydrogen-bond acceptors (Lipinski definition) is 5. The third-order valence-electron chi connectivity index (χ3n) is 3.79. The second-order valence-electron chi connectivity index (χ2n) is 6.68. The molecule has 0 radical (unpaired) electrons. The molecular weight excluding hydrogens is 365 g/mol. The Morgan fingerprint density at radius 3 is 2.54 bits per heavy atom. The van der Waals surface area contributed by atoms with E-state index in [1.807, 2.05) is 13.8 Å². The van der Waals surface area contributed by atoms with Crippen LogP contribution in [-0.4, -0.2) is 50.1 Å². The van der Waals surface area contributed by atoms with E-state index in [2.05, 4.69) is 5.73 Å². The van der Waals surface area contributed by atoms with Crippen LogP contribution >= 0.6 is 0 Å². The number of hydrogen-bond donors (Lipinski definition) is 1. The maximum Gasteiger partial charge on any atom is 0.367 e. The summed E-state index contributed by atoms with van der Waals surface area (Å²) in [6.45, 7) is 6.68. The molecular formula is C18H27ClFNO5. The summed E-state index contributed by atoms with van der Waals surface area (Å²) >= 11 is 0. The fourth-order valence-electron chi connectivity index (χ4n) is 2.47. The first-order chi connectivity index (χ1) is 11.9. The standard InChI is InChI=1S/C18H26FNO5.ClH/c1-11(2)8-23-17-12(3)24-18(21)15(20)9-22-10-16(17)25-14-6-4-13(19)5-7-14;/h4-7,11-12,15-17H,8-10,20H2,1-3H3;1H/t12-,15-,16-,17-;/m0./s1. The van der Waals surface area contributed by atoms with Gasteiger partial charge in [0.15, 0.2) is 6.10 Å². The SMILES string of the molecule is CC(C)CO[C@H]1[C@H](C)OC(=O)[C@@H]([NH3+])COC[C@@H]1Oc1ccc(F)cc1.[Cl-]. The zero-order valence-corrected chi connectivity index (χ0v) is 16.1. The summed E-state index contributed by atoms with van der Waals surface area (Å²) in [6, 6.07) is 5.14. The average Bonchev–Trinajstić information content (AvgIpc) is 2.59. The molecule has 1 fully saturated rings. The number of esters is 1. The van der Waals surface area contributed by atoms with Crippen molar-refractivity contribution in [3.63, 3.8) is 0 Å². The summed E-state index contributed by atoms with van der Waals surface area (Å²) in [7, 11) is 0. The Balaban J connectivity index is 0.00000338. The molecule has 148 valence electrons. The Bertz CT molecular complexity index is 557. The molecule has 2 rings (SSSR count). The molecule has 8 heteroatoms. The van der Waals surface area contributed by atoms with Crippen molar-refractivity contribution < 1.29 is 46.3 Å². The molecule has 0 amide bonds. The Morgan fingerprint density at radius 1 is 1.27 bits per heavy atom. The topological polar surface area (TPSA) is 81.6 Å². The Kier molecular flexibility index (Phi) is 9.29. The highest BCUT2D eigenvalue weighted by atomic mass is 35.5. The first-order valence-corrected chi connectivity index (χ1v) is 8.52. The van der Waals surface area contributed by atoms with Crippen LogP contribution in [0.25, 0.3) is 0 Å². The third kappa shape index (κ3) is 6.72. The van der Waals surface area contributed by atoms with Crippen molar-refractivity contribution in [1.29, 1.82) is 0 Å². The molecule has 0 unspecified atom stereocenters. The molecule has 1 aliphatic heterocycles. The molecule has 1 aliphatic rings. The number of cyclic esters (lactones) is 1. The number of halogens is 2. The van der Waals surface area contributed by atoms with E-state index in [-0.39, 0.29) is 31.4 Å². The highest BCUT2D eigenvalue weighted by Crippen LogP contribution is 2.20. The van der Waals surface area contributed by atoms with Gasteiger partial charge in [0, 0.05) is 6.61 Å². The lowest BCUT2D eigenvalue weighted by Gasteiger charge is -2.31. The van der Waals surface area contributed by atoms with E-state index in [4.69, 9.17) is 18.9 Å². The first-order valence-electron chi connectivity index (χ1n) is 8.52. The van der Waals surface area contributed by atoms with Crippen molar-refractivity contribution in [2.24, 2.45) is 5.92 Å². The van der Waals surface area contributed by atoms with Crippen LogP contribution in [0.3, 0.4) is 0 Å². The lowest BCUT2D eigenvalue weighted by Crippen LogP contribution is -3.00. The number of quaternary nitrogens is 1. The van der Waals surface area contributed by atoms with Crippen molar-refractivity contribution in [3.05, 3.63) is 30.1 Å². The summed E-state index contributed by atoms with van der Waals surface area (Å²) in [6.07, 6.45) is -1.54. The van der Waals surface area contributed by atoms with Gasteiger partial charge in [-0.3, -0.25) is 0 Å². The van der Waals surface area contributed by atoms with Gasteiger partial charge >= 0.3 is 5.97 Å². The highest BCUT2D eigenvalue weighted by molar-refractivity contribution is 5.74. The Hall–Kier alpha value is -1.41. The van der Waals surface area contributed by atoms with Gasteiger partial charge in [-0.05, 0) is 37.1 Å². The van der Waals surface area contributed by atoms with Crippen LogP contribution in [0.1, 0.15) is 20.8 Å². The number of carbonyl (C=O) groups excluding carboxylic acids is 1. The molecule has 1 heterocycles. The number of ether oxygens (including phenoxy) is 4. The van der Waals surface area contributed by atoms with Crippen LogP contribution < -0.4 is 22.9 Å². The predicted molar refractivity (Wildman–Crippen MR) is 88.4 cm³/mol. The molecule has 1 aromatic rings. The van der Waals surface area contributed by atoms with E-state index >= 15 is 0 Å². The van der Waals surface area contributed by atoms with Crippen molar-refractivity contribution >= 4 is 5.97 Å². The molecule has 0 bridgehead atoms. The van der Waals surface area contributed by atoms with Gasteiger partial charge in [-0.1, -0.05) is 13.8 Å². The highest BCUT2D eigenvalue weighted by Gasteiger charge is 2.36. The van der Waals surface area contributed by atoms with Gasteiger partial charge in [0.25, 0.3) is 0 Å². The van der Waals surface area contributed by atoms with Gasteiger partial charge in [0.05, 0.1) is 6.61 Å². The molecule has 1 saturated heterocycles. The van der Waals surface area contributed by atoms with Gasteiger partial charge in [-0.15, -0.1) is 0 Å². The van der Waals surface area contributed by atoms with E-state index in [1.165, 1.54) is 12.1 Å². The van der Waals surface area contributed by atoms with E-state index in [0.717, 1.165) is 0 Å². The molecule has 0 aliphatic carbocycles. The minimum Gasteiger partial charge on any atom is -1.00 e. The van der Waals surface area contributed by atoms with Crippen LogP contribution in [0, 0.1) is 11.7 Å². The molecule has 6 nitrogen and oxygen atoms in total. The van der Waals surface area contributed by atoms with Crippen molar-refractivity contribution in [2.45, 2.75) is 45.1 Å². The number of carbonyl (C=O) groups is 1. The van der Waals surface area contributed by atoms with Crippen LogP contribution in [0.2, 0.25) is 0 Å². The van der Waals surface area contributed by atoms with Crippen molar-refractivity contribution in [2.75, 3.05) is 19.8 Å². The zero-order chi connectivity index (χ0) is 18.4. The van der Waals surface area contributed by atoms with Gasteiger partial charge in [0.1, 0.15) is 30.4 Å². The van der Waals surface area contributed by atoms with Crippen molar-refractivity contribution in [3.8, 4) is 5.75 Å². The van der Waals surface area contributed by atoms with Gasteiger partial charge in [0.2, 0.25) is 6.04 Å². The largest absolute Gasteiger partial charge is 1.00 e. The summed E-state index contributed by atoms with van der Waals surface area (Å²) in [5.74, 6) is 0.0431. The molecule has 3 N–H and O–H groups in total. The fraction of sp³-hybridized carbons (Fsp3) is 0.611. The second kappa shape index (κ2) is 10.7. The normalized spacial score (nSPS) is 26.9. The molecule has 0 saturated carbocycles. The predicted octanol–water partition coefficient (Wildman–Crippen LogP) is -1.81. The summed E-state index contributed by atoms with van der Waals surface area (Å²) in [5, 5.41) is 0. The maximum atomic E-state index is 13.1. The zero-order valence-electron chi connectivity index (χ0n) is 15.3. The quantitative estimate of drug-likeness (QED) is 0.598. The summed E-state index contributed by atoms with van der Waals surface area (Å²) < 4.78 is 36.1. The summed E-state index contributed by atoms with van der Waals surface area (Å²) in [5.41, 5.74) is 3.75. The van der Waals surface area contributed by atoms with Gasteiger partial charge < -0.3 is 37.1 Å². The lowest BCUT2D eigenvalue weighted by atomic mass is 10.1. The minimum atomic E-state index is -0.599. The Morgan fingerprint density at radius 2 is 1.92 bits per heavy atom. The summed E-state index contributed by atoms with van der Waals surface area (Å²) in [4.78, 5) is 12.0. The second-order valence-corrected chi connectivity index (χ2v) is 6.68. The van der Waals surface area contributed by atoms with Crippen LogP contribution in [0.15, 0.2) is 24.3 Å². The van der Waals surface area contributed by atoms with Crippen molar-refractivity contribution in [1.82, 2.24) is 0 Å². The number of rotatable bonds is 5. The minimum absolute atomic E-state index is 0.